The summed E-state index contributed by atoms with van der Waals surface area (Å²) in [5.74, 6) is 0.546. The SMILES string of the molecule is O=[N+]([O-])c1cccc2c1ccn2Cc1coc(-c2ccc(Br)cc2)n1. The van der Waals surface area contributed by atoms with Gasteiger partial charge < -0.3 is 8.98 Å². The number of non-ortho nitro benzene ring substituents is 1. The van der Waals surface area contributed by atoms with Gasteiger partial charge in [-0.25, -0.2) is 4.98 Å². The molecule has 0 saturated carbocycles. The number of aromatic nitrogens is 2. The molecule has 2 aromatic heterocycles. The van der Waals surface area contributed by atoms with Gasteiger partial charge in [0.1, 0.15) is 6.26 Å². The van der Waals surface area contributed by atoms with Crippen molar-refractivity contribution in [3.05, 3.63) is 81.3 Å². The van der Waals surface area contributed by atoms with Crippen LogP contribution in [0.25, 0.3) is 22.4 Å². The highest BCUT2D eigenvalue weighted by Crippen LogP contribution is 2.27. The van der Waals surface area contributed by atoms with E-state index in [4.69, 9.17) is 4.42 Å². The highest BCUT2D eigenvalue weighted by Gasteiger charge is 2.15. The van der Waals surface area contributed by atoms with Gasteiger partial charge in [0, 0.05) is 22.3 Å². The first-order valence-corrected chi connectivity index (χ1v) is 8.34. The van der Waals surface area contributed by atoms with Gasteiger partial charge in [-0.2, -0.15) is 0 Å². The average molecular weight is 398 g/mol. The first-order valence-electron chi connectivity index (χ1n) is 7.54. The van der Waals surface area contributed by atoms with Gasteiger partial charge in [-0.05, 0) is 36.4 Å². The molecule has 0 radical (unpaired) electrons. The largest absolute Gasteiger partial charge is 0.444 e. The second-order valence-electron chi connectivity index (χ2n) is 5.56. The van der Waals surface area contributed by atoms with Gasteiger partial charge in [0.05, 0.1) is 28.1 Å². The van der Waals surface area contributed by atoms with Crippen LogP contribution in [0, 0.1) is 10.1 Å². The maximum Gasteiger partial charge on any atom is 0.278 e. The molecule has 2 aromatic carbocycles. The van der Waals surface area contributed by atoms with E-state index in [0.29, 0.717) is 17.8 Å². The molecule has 0 atom stereocenters. The molecule has 25 heavy (non-hydrogen) atoms. The molecule has 0 fully saturated rings. The summed E-state index contributed by atoms with van der Waals surface area (Å²) in [7, 11) is 0. The second-order valence-corrected chi connectivity index (χ2v) is 6.48. The number of halogens is 1. The van der Waals surface area contributed by atoms with Gasteiger partial charge in [0.25, 0.3) is 5.69 Å². The van der Waals surface area contributed by atoms with Gasteiger partial charge in [-0.1, -0.05) is 22.0 Å². The molecular formula is C18H12BrN3O3. The summed E-state index contributed by atoms with van der Waals surface area (Å²) in [6.45, 7) is 0.477. The van der Waals surface area contributed by atoms with Crippen LogP contribution < -0.4 is 0 Å². The Balaban J connectivity index is 1.65. The van der Waals surface area contributed by atoms with Crippen molar-refractivity contribution in [1.82, 2.24) is 9.55 Å². The molecule has 0 amide bonds. The molecular weight excluding hydrogens is 386 g/mol. The first kappa shape index (κ1) is 15.6. The number of rotatable bonds is 4. The van der Waals surface area contributed by atoms with E-state index in [9.17, 15) is 10.1 Å². The van der Waals surface area contributed by atoms with Gasteiger partial charge >= 0.3 is 0 Å². The third-order valence-corrected chi connectivity index (χ3v) is 4.49. The number of nitro groups is 1. The van der Waals surface area contributed by atoms with E-state index in [1.807, 2.05) is 41.1 Å². The maximum absolute atomic E-state index is 11.1. The van der Waals surface area contributed by atoms with E-state index < -0.39 is 0 Å². The molecule has 0 N–H and O–H groups in total. The number of nitrogens with zero attached hydrogens (tertiary/aromatic N) is 3. The minimum absolute atomic E-state index is 0.104. The number of nitro benzene ring substituents is 1. The van der Waals surface area contributed by atoms with Gasteiger partial charge in [-0.3, -0.25) is 10.1 Å². The second kappa shape index (κ2) is 6.18. The summed E-state index contributed by atoms with van der Waals surface area (Å²) in [6, 6.07) is 14.5. The third kappa shape index (κ3) is 2.94. The molecule has 2 heterocycles. The van der Waals surface area contributed by atoms with Crippen molar-refractivity contribution in [1.29, 1.82) is 0 Å². The summed E-state index contributed by atoms with van der Waals surface area (Å²) in [5, 5.41) is 11.7. The topological polar surface area (TPSA) is 74.1 Å². The molecule has 6 nitrogen and oxygen atoms in total. The predicted molar refractivity (Wildman–Crippen MR) is 97.3 cm³/mol. The van der Waals surface area contributed by atoms with Gasteiger partial charge in [0.2, 0.25) is 5.89 Å². The normalized spacial score (nSPS) is 11.1. The molecule has 4 rings (SSSR count). The highest BCUT2D eigenvalue weighted by molar-refractivity contribution is 9.10. The van der Waals surface area contributed by atoms with E-state index in [-0.39, 0.29) is 10.6 Å². The molecule has 0 aliphatic carbocycles. The zero-order valence-corrected chi connectivity index (χ0v) is 14.5. The van der Waals surface area contributed by atoms with Gasteiger partial charge in [0.15, 0.2) is 0 Å². The van der Waals surface area contributed by atoms with E-state index in [0.717, 1.165) is 21.2 Å². The summed E-state index contributed by atoms with van der Waals surface area (Å²) in [4.78, 5) is 15.3. The monoisotopic (exact) mass is 397 g/mol. The standard InChI is InChI=1S/C18H12BrN3O3/c19-13-6-4-12(5-7-13)18-20-14(11-25-18)10-21-9-8-15-16(21)2-1-3-17(15)22(23)24/h1-9,11H,10H2. The summed E-state index contributed by atoms with van der Waals surface area (Å²) in [6.07, 6.45) is 3.44. The van der Waals surface area contributed by atoms with Crippen molar-refractivity contribution in [2.75, 3.05) is 0 Å². The maximum atomic E-state index is 11.1. The van der Waals surface area contributed by atoms with Crippen molar-refractivity contribution in [2.24, 2.45) is 0 Å². The Morgan fingerprint density at radius 1 is 1.16 bits per heavy atom. The average Bonchev–Trinajstić information content (AvgIpc) is 3.23. The fourth-order valence-electron chi connectivity index (χ4n) is 2.78. The molecule has 0 aliphatic heterocycles. The molecule has 4 aromatic rings. The number of hydrogen-bond acceptors (Lipinski definition) is 4. The van der Waals surface area contributed by atoms with E-state index >= 15 is 0 Å². The van der Waals surface area contributed by atoms with Crippen molar-refractivity contribution >= 4 is 32.5 Å². The minimum atomic E-state index is -0.367. The Kier molecular flexibility index (Phi) is 3.85. The van der Waals surface area contributed by atoms with Crippen molar-refractivity contribution in [2.45, 2.75) is 6.54 Å². The van der Waals surface area contributed by atoms with Crippen molar-refractivity contribution < 1.29 is 9.34 Å². The molecule has 7 heteroatoms. The van der Waals surface area contributed by atoms with Crippen LogP contribution >= 0.6 is 15.9 Å². The van der Waals surface area contributed by atoms with Crippen LogP contribution in [0.5, 0.6) is 0 Å². The molecule has 124 valence electrons. The Bertz CT molecular complexity index is 1070. The minimum Gasteiger partial charge on any atom is -0.444 e. The van der Waals surface area contributed by atoms with Crippen LogP contribution in [-0.4, -0.2) is 14.5 Å². The Morgan fingerprint density at radius 2 is 1.96 bits per heavy atom. The van der Waals surface area contributed by atoms with E-state index in [1.54, 1.807) is 18.4 Å². The van der Waals surface area contributed by atoms with Crippen LogP contribution in [0.15, 0.2) is 69.9 Å². The van der Waals surface area contributed by atoms with Crippen molar-refractivity contribution in [3.8, 4) is 11.5 Å². The summed E-state index contributed by atoms with van der Waals surface area (Å²) >= 11 is 3.40. The Hall–Kier alpha value is -2.93. The third-order valence-electron chi connectivity index (χ3n) is 3.96. The predicted octanol–water partition coefficient (Wildman–Crippen LogP) is 5.02. The smallest absolute Gasteiger partial charge is 0.278 e. The van der Waals surface area contributed by atoms with Crippen molar-refractivity contribution in [3.63, 3.8) is 0 Å². The van der Waals surface area contributed by atoms with E-state index in [2.05, 4.69) is 20.9 Å². The van der Waals surface area contributed by atoms with Crippen LogP contribution in [0.1, 0.15) is 5.69 Å². The Morgan fingerprint density at radius 3 is 2.72 bits per heavy atom. The van der Waals surface area contributed by atoms with E-state index in [1.165, 1.54) is 6.07 Å². The zero-order valence-electron chi connectivity index (χ0n) is 12.9. The fourth-order valence-corrected chi connectivity index (χ4v) is 3.05. The molecule has 0 bridgehead atoms. The number of fused-ring (bicyclic) bond motifs is 1. The van der Waals surface area contributed by atoms with Crippen LogP contribution in [0.3, 0.4) is 0 Å². The number of hydrogen-bond donors (Lipinski definition) is 0. The molecule has 0 spiro atoms. The first-order chi connectivity index (χ1) is 12.1. The summed E-state index contributed by atoms with van der Waals surface area (Å²) in [5.41, 5.74) is 2.54. The van der Waals surface area contributed by atoms with Crippen LogP contribution in [0.2, 0.25) is 0 Å². The quantitative estimate of drug-likeness (QED) is 0.358. The molecule has 0 unspecified atom stereocenters. The lowest BCUT2D eigenvalue weighted by atomic mass is 10.2. The Labute approximate surface area is 151 Å². The van der Waals surface area contributed by atoms with Gasteiger partial charge in [-0.15, -0.1) is 0 Å². The molecule has 0 saturated heterocycles. The zero-order chi connectivity index (χ0) is 17.4. The lowest BCUT2D eigenvalue weighted by molar-refractivity contribution is -0.383. The lowest BCUT2D eigenvalue weighted by Gasteiger charge is -2.02. The highest BCUT2D eigenvalue weighted by atomic mass is 79.9. The van der Waals surface area contributed by atoms with Crippen LogP contribution in [-0.2, 0) is 6.54 Å². The number of benzene rings is 2. The fraction of sp³-hybridized carbons (Fsp3) is 0.0556. The molecule has 0 aliphatic rings. The lowest BCUT2D eigenvalue weighted by Crippen LogP contribution is -1.98. The summed E-state index contributed by atoms with van der Waals surface area (Å²) < 4.78 is 8.48. The van der Waals surface area contributed by atoms with Crippen LogP contribution in [0.4, 0.5) is 5.69 Å². The number of oxazole rings is 1.